The van der Waals surface area contributed by atoms with Crippen LogP contribution in [0.5, 0.6) is 0 Å². The summed E-state index contributed by atoms with van der Waals surface area (Å²) >= 11 is 7.23. The Bertz CT molecular complexity index is 1270. The average molecular weight is 448 g/mol. The van der Waals surface area contributed by atoms with Crippen LogP contribution in [0.4, 0.5) is 6.01 Å². The van der Waals surface area contributed by atoms with Crippen molar-refractivity contribution in [2.75, 3.05) is 5.43 Å². The first-order valence-corrected chi connectivity index (χ1v) is 10.3. The number of nitrogens with zero attached hydrogens (tertiary/aromatic N) is 3. The summed E-state index contributed by atoms with van der Waals surface area (Å²) in [5.74, 6) is -0.0266. The molecule has 7 nitrogen and oxygen atoms in total. The summed E-state index contributed by atoms with van der Waals surface area (Å²) < 4.78 is 5.13. The highest BCUT2D eigenvalue weighted by Gasteiger charge is 2.15. The molecule has 1 aromatic heterocycles. The van der Waals surface area contributed by atoms with Crippen molar-refractivity contribution in [3.8, 4) is 17.5 Å². The van der Waals surface area contributed by atoms with Crippen molar-refractivity contribution in [3.05, 3.63) is 88.9 Å². The minimum Gasteiger partial charge on any atom is -0.313 e. The first-order chi connectivity index (χ1) is 15.1. The highest BCUT2D eigenvalue weighted by molar-refractivity contribution is 7.99. The summed E-state index contributed by atoms with van der Waals surface area (Å²) in [6, 6.07) is 23.5. The van der Waals surface area contributed by atoms with Crippen molar-refractivity contribution in [2.45, 2.75) is 9.79 Å². The Morgan fingerprint density at radius 3 is 2.48 bits per heavy atom. The molecule has 0 aliphatic rings. The van der Waals surface area contributed by atoms with Crippen LogP contribution in [0.3, 0.4) is 0 Å². The average Bonchev–Trinajstić information content (AvgIpc) is 3.28. The molecule has 0 fully saturated rings. The SMILES string of the molecule is N#Cc1ccccc1Sc1ccccc1C(=O)NNc1nc(-c2ccc(Cl)cc2)no1. The van der Waals surface area contributed by atoms with E-state index < -0.39 is 0 Å². The largest absolute Gasteiger partial charge is 0.340 e. The van der Waals surface area contributed by atoms with Crippen LogP contribution in [0.2, 0.25) is 5.02 Å². The van der Waals surface area contributed by atoms with Crippen molar-refractivity contribution < 1.29 is 9.32 Å². The van der Waals surface area contributed by atoms with Crippen molar-refractivity contribution in [1.29, 1.82) is 5.26 Å². The molecule has 4 aromatic rings. The Hall–Kier alpha value is -3.80. The van der Waals surface area contributed by atoms with Gasteiger partial charge in [0.1, 0.15) is 6.07 Å². The lowest BCUT2D eigenvalue weighted by Gasteiger charge is -2.10. The summed E-state index contributed by atoms with van der Waals surface area (Å²) in [5, 5.41) is 13.8. The van der Waals surface area contributed by atoms with Crippen molar-refractivity contribution in [3.63, 3.8) is 0 Å². The van der Waals surface area contributed by atoms with E-state index in [1.165, 1.54) is 11.8 Å². The number of benzene rings is 3. The quantitative estimate of drug-likeness (QED) is 0.393. The fourth-order valence-electron chi connectivity index (χ4n) is 2.68. The van der Waals surface area contributed by atoms with Crippen molar-refractivity contribution in [2.24, 2.45) is 0 Å². The van der Waals surface area contributed by atoms with Gasteiger partial charge >= 0.3 is 6.01 Å². The maximum atomic E-state index is 12.7. The molecule has 0 saturated carbocycles. The lowest BCUT2D eigenvalue weighted by molar-refractivity contribution is 0.0958. The minimum absolute atomic E-state index is 0.0401. The molecule has 0 aliphatic carbocycles. The highest BCUT2D eigenvalue weighted by Crippen LogP contribution is 2.32. The summed E-state index contributed by atoms with van der Waals surface area (Å²) in [4.78, 5) is 18.4. The third-order valence-corrected chi connectivity index (χ3v) is 5.57. The van der Waals surface area contributed by atoms with Gasteiger partial charge in [0.15, 0.2) is 0 Å². The van der Waals surface area contributed by atoms with Gasteiger partial charge in [0.25, 0.3) is 5.91 Å². The molecule has 0 radical (unpaired) electrons. The number of carbonyl (C=O) groups excluding carboxylic acids is 1. The first-order valence-electron chi connectivity index (χ1n) is 9.06. The standard InChI is InChI=1S/C22H14ClN5O2S/c23-16-11-9-14(10-12-16)20-25-22(30-28-20)27-26-21(29)17-6-2-4-8-19(17)31-18-7-3-1-5-15(18)13-24/h1-12H,(H,26,29)(H,25,27,28). The number of nitrogens with one attached hydrogen (secondary N) is 2. The number of hydrazine groups is 1. The third-order valence-electron chi connectivity index (χ3n) is 4.17. The number of anilines is 1. The molecule has 31 heavy (non-hydrogen) atoms. The Morgan fingerprint density at radius 1 is 1.00 bits per heavy atom. The molecule has 0 aliphatic heterocycles. The van der Waals surface area contributed by atoms with Crippen LogP contribution in [-0.2, 0) is 0 Å². The number of aromatic nitrogens is 2. The maximum Gasteiger partial charge on any atom is 0.340 e. The van der Waals surface area contributed by atoms with E-state index in [0.717, 1.165) is 10.5 Å². The molecule has 9 heteroatoms. The van der Waals surface area contributed by atoms with E-state index in [0.29, 0.717) is 26.9 Å². The summed E-state index contributed by atoms with van der Waals surface area (Å²) in [6.45, 7) is 0. The van der Waals surface area contributed by atoms with Gasteiger partial charge < -0.3 is 4.52 Å². The Kier molecular flexibility index (Phi) is 6.17. The zero-order chi connectivity index (χ0) is 21.6. The maximum absolute atomic E-state index is 12.7. The van der Waals surface area contributed by atoms with E-state index in [2.05, 4.69) is 27.1 Å². The molecule has 2 N–H and O–H groups in total. The number of hydrogen-bond donors (Lipinski definition) is 2. The second-order valence-electron chi connectivity index (χ2n) is 6.22. The second kappa shape index (κ2) is 9.34. The molecule has 0 saturated heterocycles. The highest BCUT2D eigenvalue weighted by atomic mass is 35.5. The molecule has 0 bridgehead atoms. The monoisotopic (exact) mass is 447 g/mol. The molecular formula is C22H14ClN5O2S. The van der Waals surface area contributed by atoms with Crippen molar-refractivity contribution >= 4 is 35.3 Å². The fourth-order valence-corrected chi connectivity index (χ4v) is 3.83. The number of nitriles is 1. The van der Waals surface area contributed by atoms with Crippen LogP contribution in [0, 0.1) is 11.3 Å². The van der Waals surface area contributed by atoms with Gasteiger partial charge in [-0.25, -0.2) is 5.43 Å². The van der Waals surface area contributed by atoms with Crippen LogP contribution in [0.25, 0.3) is 11.4 Å². The number of amides is 1. The molecule has 3 aromatic carbocycles. The first kappa shape index (κ1) is 20.5. The Labute approximate surface area is 187 Å². The van der Waals surface area contributed by atoms with E-state index in [4.69, 9.17) is 16.1 Å². The summed E-state index contributed by atoms with van der Waals surface area (Å²) in [6.07, 6.45) is 0. The molecule has 0 spiro atoms. The van der Waals surface area contributed by atoms with E-state index >= 15 is 0 Å². The van der Waals surface area contributed by atoms with Gasteiger partial charge in [0, 0.05) is 20.4 Å². The Morgan fingerprint density at radius 2 is 1.71 bits per heavy atom. The van der Waals surface area contributed by atoms with E-state index in [-0.39, 0.29) is 11.9 Å². The number of hydrogen-bond acceptors (Lipinski definition) is 7. The van der Waals surface area contributed by atoms with Gasteiger partial charge in [-0.3, -0.25) is 10.2 Å². The van der Waals surface area contributed by atoms with Crippen LogP contribution >= 0.6 is 23.4 Å². The smallest absolute Gasteiger partial charge is 0.313 e. The zero-order valence-corrected chi connectivity index (χ0v) is 17.4. The van der Waals surface area contributed by atoms with Crippen LogP contribution in [0.1, 0.15) is 15.9 Å². The molecule has 1 amide bonds. The third kappa shape index (κ3) is 4.86. The normalized spacial score (nSPS) is 10.3. The fraction of sp³-hybridized carbons (Fsp3) is 0. The van der Waals surface area contributed by atoms with Crippen LogP contribution in [-0.4, -0.2) is 16.0 Å². The molecular weight excluding hydrogens is 434 g/mol. The van der Waals surface area contributed by atoms with Crippen LogP contribution in [0.15, 0.2) is 87.1 Å². The molecule has 4 rings (SSSR count). The van der Waals surface area contributed by atoms with Gasteiger partial charge in [-0.2, -0.15) is 10.2 Å². The van der Waals surface area contributed by atoms with Crippen molar-refractivity contribution in [1.82, 2.24) is 15.6 Å². The predicted octanol–water partition coefficient (Wildman–Crippen LogP) is 5.17. The van der Waals surface area contributed by atoms with Gasteiger partial charge in [0.05, 0.1) is 11.1 Å². The van der Waals surface area contributed by atoms with E-state index in [1.54, 1.807) is 48.5 Å². The molecule has 152 valence electrons. The van der Waals surface area contributed by atoms with Gasteiger partial charge in [-0.1, -0.05) is 52.8 Å². The van der Waals surface area contributed by atoms with Gasteiger partial charge in [-0.05, 0) is 48.5 Å². The lowest BCUT2D eigenvalue weighted by atomic mass is 10.2. The molecule has 0 unspecified atom stereocenters. The topological polar surface area (TPSA) is 104 Å². The molecule has 1 heterocycles. The summed E-state index contributed by atoms with van der Waals surface area (Å²) in [7, 11) is 0. The number of halogens is 1. The minimum atomic E-state index is -0.385. The lowest BCUT2D eigenvalue weighted by Crippen LogP contribution is -2.29. The van der Waals surface area contributed by atoms with Gasteiger partial charge in [-0.15, -0.1) is 0 Å². The number of rotatable bonds is 6. The second-order valence-corrected chi connectivity index (χ2v) is 7.74. The van der Waals surface area contributed by atoms with E-state index in [9.17, 15) is 10.1 Å². The summed E-state index contributed by atoms with van der Waals surface area (Å²) in [5.41, 5.74) is 6.90. The molecule has 0 atom stereocenters. The van der Waals surface area contributed by atoms with E-state index in [1.807, 2.05) is 24.3 Å². The number of carbonyl (C=O) groups is 1. The Balaban J connectivity index is 1.46. The van der Waals surface area contributed by atoms with Crippen LogP contribution < -0.4 is 10.9 Å². The van der Waals surface area contributed by atoms with Gasteiger partial charge in [0.2, 0.25) is 5.82 Å². The predicted molar refractivity (Wildman–Crippen MR) is 118 cm³/mol. The zero-order valence-electron chi connectivity index (χ0n) is 15.9.